The zero-order valence-corrected chi connectivity index (χ0v) is 14.4. The van der Waals surface area contributed by atoms with E-state index in [0.29, 0.717) is 6.54 Å². The van der Waals surface area contributed by atoms with Gasteiger partial charge in [0.05, 0.1) is 7.11 Å². The molecule has 2 atom stereocenters. The Hall–Kier alpha value is -1.75. The fourth-order valence-electron chi connectivity index (χ4n) is 2.15. The predicted octanol–water partition coefficient (Wildman–Crippen LogP) is 3.26. The largest absolute Gasteiger partial charge is 0.496 e. The Bertz CT molecular complexity index is 483. The molecule has 0 aliphatic carbocycles. The molecule has 1 amide bonds. The van der Waals surface area contributed by atoms with Gasteiger partial charge in [-0.2, -0.15) is 0 Å². The number of rotatable bonds is 6. The van der Waals surface area contributed by atoms with Crippen LogP contribution in [0.15, 0.2) is 24.3 Å². The molecule has 0 aliphatic heterocycles. The Labute approximate surface area is 133 Å². The van der Waals surface area contributed by atoms with Crippen LogP contribution in [-0.4, -0.2) is 31.4 Å². The lowest BCUT2D eigenvalue weighted by Crippen LogP contribution is -2.42. The first kappa shape index (κ1) is 18.3. The van der Waals surface area contributed by atoms with E-state index in [9.17, 15) is 4.79 Å². The second kappa shape index (κ2) is 8.03. The molecule has 1 unspecified atom stereocenters. The Balaban J connectivity index is 2.47. The Morgan fingerprint density at radius 3 is 2.45 bits per heavy atom. The first-order chi connectivity index (χ1) is 10.2. The second-order valence-corrected chi connectivity index (χ2v) is 6.41. The highest BCUT2D eigenvalue weighted by atomic mass is 16.6. The Morgan fingerprint density at radius 2 is 1.86 bits per heavy atom. The summed E-state index contributed by atoms with van der Waals surface area (Å²) in [5.74, 6) is 0.856. The van der Waals surface area contributed by atoms with E-state index in [1.165, 1.54) is 0 Å². The fraction of sp³-hybridized carbons (Fsp3) is 0.588. The molecule has 0 saturated carbocycles. The number of ether oxygens (including phenoxy) is 2. The van der Waals surface area contributed by atoms with Crippen LogP contribution in [0.5, 0.6) is 5.75 Å². The van der Waals surface area contributed by atoms with E-state index < -0.39 is 11.7 Å². The summed E-state index contributed by atoms with van der Waals surface area (Å²) in [5.41, 5.74) is 0.611. The molecular weight excluding hydrogens is 280 g/mol. The van der Waals surface area contributed by atoms with Crippen molar-refractivity contribution in [2.24, 2.45) is 0 Å². The van der Waals surface area contributed by atoms with Gasteiger partial charge in [0.2, 0.25) is 0 Å². The molecule has 1 aromatic rings. The van der Waals surface area contributed by atoms with E-state index in [-0.39, 0.29) is 12.1 Å². The average Bonchev–Trinajstić information content (AvgIpc) is 2.43. The first-order valence-corrected chi connectivity index (χ1v) is 7.58. The Kier molecular flexibility index (Phi) is 6.68. The highest BCUT2D eigenvalue weighted by Gasteiger charge is 2.17. The molecule has 0 spiro atoms. The summed E-state index contributed by atoms with van der Waals surface area (Å²) in [6, 6.07) is 8.13. The van der Waals surface area contributed by atoms with Crippen molar-refractivity contribution in [1.29, 1.82) is 0 Å². The predicted molar refractivity (Wildman–Crippen MR) is 88.2 cm³/mol. The highest BCUT2D eigenvalue weighted by Crippen LogP contribution is 2.24. The molecule has 1 rings (SSSR count). The number of alkyl carbamates (subject to hydrolysis) is 1. The summed E-state index contributed by atoms with van der Waals surface area (Å²) in [5, 5.41) is 6.21. The van der Waals surface area contributed by atoms with Crippen LogP contribution >= 0.6 is 0 Å². The van der Waals surface area contributed by atoms with Gasteiger partial charge in [-0.15, -0.1) is 0 Å². The molecule has 0 aliphatic rings. The van der Waals surface area contributed by atoms with Crippen molar-refractivity contribution in [3.05, 3.63) is 29.8 Å². The van der Waals surface area contributed by atoms with Crippen LogP contribution in [-0.2, 0) is 4.74 Å². The minimum absolute atomic E-state index is 0.104. The van der Waals surface area contributed by atoms with E-state index >= 15 is 0 Å². The number of amides is 1. The van der Waals surface area contributed by atoms with Crippen LogP contribution in [0.3, 0.4) is 0 Å². The molecule has 124 valence electrons. The van der Waals surface area contributed by atoms with Crippen LogP contribution in [0, 0.1) is 0 Å². The highest BCUT2D eigenvalue weighted by molar-refractivity contribution is 5.67. The van der Waals surface area contributed by atoms with E-state index in [1.54, 1.807) is 7.11 Å². The lowest BCUT2D eigenvalue weighted by Gasteiger charge is -2.24. The van der Waals surface area contributed by atoms with Gasteiger partial charge in [-0.3, -0.25) is 0 Å². The van der Waals surface area contributed by atoms with Crippen LogP contribution in [0.1, 0.15) is 46.2 Å². The molecule has 5 nitrogen and oxygen atoms in total. The second-order valence-electron chi connectivity index (χ2n) is 6.41. The molecule has 0 aromatic heterocycles. The lowest BCUT2D eigenvalue weighted by atomic mass is 10.1. The summed E-state index contributed by atoms with van der Waals surface area (Å²) < 4.78 is 10.6. The van der Waals surface area contributed by atoms with Gasteiger partial charge >= 0.3 is 6.09 Å². The molecule has 5 heteroatoms. The third-order valence-corrected chi connectivity index (χ3v) is 3.09. The fourth-order valence-corrected chi connectivity index (χ4v) is 2.15. The van der Waals surface area contributed by atoms with E-state index in [2.05, 4.69) is 17.6 Å². The van der Waals surface area contributed by atoms with Crippen LogP contribution in [0.4, 0.5) is 4.79 Å². The molecule has 0 radical (unpaired) electrons. The van der Waals surface area contributed by atoms with Crippen LogP contribution < -0.4 is 15.4 Å². The van der Waals surface area contributed by atoms with Crippen molar-refractivity contribution in [2.45, 2.75) is 52.3 Å². The normalized spacial score (nSPS) is 14.1. The topological polar surface area (TPSA) is 59.6 Å². The maximum atomic E-state index is 11.6. The molecule has 0 bridgehead atoms. The van der Waals surface area contributed by atoms with Gasteiger partial charge in [-0.1, -0.05) is 18.2 Å². The van der Waals surface area contributed by atoms with Gasteiger partial charge in [0.25, 0.3) is 0 Å². The summed E-state index contributed by atoms with van der Waals surface area (Å²) in [4.78, 5) is 11.6. The van der Waals surface area contributed by atoms with Crippen LogP contribution in [0.2, 0.25) is 0 Å². The molecular formula is C17H28N2O3. The number of benzene rings is 1. The number of carbonyl (C=O) groups is 1. The summed E-state index contributed by atoms with van der Waals surface area (Å²) >= 11 is 0. The molecule has 0 saturated heterocycles. The monoisotopic (exact) mass is 308 g/mol. The minimum atomic E-state index is -0.481. The molecule has 0 fully saturated rings. The van der Waals surface area contributed by atoms with Gasteiger partial charge in [0.15, 0.2) is 0 Å². The van der Waals surface area contributed by atoms with Crippen molar-refractivity contribution in [2.75, 3.05) is 13.7 Å². The maximum Gasteiger partial charge on any atom is 0.407 e. The van der Waals surface area contributed by atoms with Crippen molar-refractivity contribution in [3.63, 3.8) is 0 Å². The molecule has 0 heterocycles. The van der Waals surface area contributed by atoms with Gasteiger partial charge in [-0.05, 0) is 40.7 Å². The van der Waals surface area contributed by atoms with Gasteiger partial charge in [0, 0.05) is 24.2 Å². The smallest absolute Gasteiger partial charge is 0.407 e. The standard InChI is InChI=1S/C17H28N2O3/c1-12(11-18-16(20)22-17(3,4)5)19-13(2)14-9-7-8-10-15(14)21-6/h7-10,12-13,19H,11H2,1-6H3,(H,18,20)/t12?,13-/m0/s1. The number of hydrogen-bond donors (Lipinski definition) is 2. The SMILES string of the molecule is COc1ccccc1[C@H](C)NC(C)CNC(=O)OC(C)(C)C. The third-order valence-electron chi connectivity index (χ3n) is 3.09. The molecule has 1 aromatic carbocycles. The minimum Gasteiger partial charge on any atom is -0.496 e. The van der Waals surface area contributed by atoms with Crippen molar-refractivity contribution in [1.82, 2.24) is 10.6 Å². The number of hydrogen-bond acceptors (Lipinski definition) is 4. The van der Waals surface area contributed by atoms with Crippen molar-refractivity contribution < 1.29 is 14.3 Å². The maximum absolute atomic E-state index is 11.6. The van der Waals surface area contributed by atoms with Gasteiger partial charge in [0.1, 0.15) is 11.4 Å². The quantitative estimate of drug-likeness (QED) is 0.847. The van der Waals surface area contributed by atoms with E-state index in [0.717, 1.165) is 11.3 Å². The van der Waals surface area contributed by atoms with Gasteiger partial charge in [-0.25, -0.2) is 4.79 Å². The summed E-state index contributed by atoms with van der Waals surface area (Å²) in [6.45, 7) is 10.1. The number of para-hydroxylation sites is 1. The average molecular weight is 308 g/mol. The summed E-state index contributed by atoms with van der Waals surface area (Å²) in [6.07, 6.45) is -0.397. The Morgan fingerprint density at radius 1 is 1.23 bits per heavy atom. The summed E-state index contributed by atoms with van der Waals surface area (Å²) in [7, 11) is 1.67. The number of methoxy groups -OCH3 is 1. The van der Waals surface area contributed by atoms with E-state index in [1.807, 2.05) is 52.0 Å². The molecule has 2 N–H and O–H groups in total. The van der Waals surface area contributed by atoms with Crippen molar-refractivity contribution >= 4 is 6.09 Å². The third kappa shape index (κ3) is 6.35. The zero-order valence-electron chi connectivity index (χ0n) is 14.4. The van der Waals surface area contributed by atoms with Crippen LogP contribution in [0.25, 0.3) is 0 Å². The van der Waals surface area contributed by atoms with E-state index in [4.69, 9.17) is 9.47 Å². The number of nitrogens with one attached hydrogen (secondary N) is 2. The van der Waals surface area contributed by atoms with Crippen molar-refractivity contribution in [3.8, 4) is 5.75 Å². The first-order valence-electron chi connectivity index (χ1n) is 7.58. The number of carbonyl (C=O) groups excluding carboxylic acids is 1. The lowest BCUT2D eigenvalue weighted by molar-refractivity contribution is 0.0522. The zero-order chi connectivity index (χ0) is 16.8. The van der Waals surface area contributed by atoms with Gasteiger partial charge < -0.3 is 20.1 Å². The molecule has 22 heavy (non-hydrogen) atoms.